The molecule has 1 saturated heterocycles. The molecule has 1 heterocycles. The number of rotatable bonds is 0. The van der Waals surface area contributed by atoms with Crippen LogP contribution < -0.4 is 0 Å². The van der Waals surface area contributed by atoms with Gasteiger partial charge in [0, 0.05) is 11.5 Å². The monoisotopic (exact) mass is 313 g/mol. The fourth-order valence-electron chi connectivity index (χ4n) is 5.16. The summed E-state index contributed by atoms with van der Waals surface area (Å²) in [5.74, 6) is 0.930. The molecule has 4 rings (SSSR count). The SMILES string of the molecule is CN1CC[C@]23CCCC[C@H]2[C@H]1Cc1ccccc13.Cl.Cl. The first kappa shape index (κ1) is 16.1. The molecule has 112 valence electrons. The van der Waals surface area contributed by atoms with E-state index in [1.807, 2.05) is 0 Å². The quantitative estimate of drug-likeness (QED) is 0.693. The molecule has 3 heteroatoms. The van der Waals surface area contributed by atoms with Crippen molar-refractivity contribution in [2.75, 3.05) is 13.6 Å². The molecule has 1 aromatic rings. The number of halogens is 2. The van der Waals surface area contributed by atoms with E-state index in [1.165, 1.54) is 45.1 Å². The molecule has 0 spiro atoms. The second-order valence-electron chi connectivity index (χ2n) is 6.67. The Kier molecular flexibility index (Phi) is 4.73. The molecule has 2 fully saturated rings. The highest BCUT2D eigenvalue weighted by Gasteiger charge is 2.52. The van der Waals surface area contributed by atoms with Gasteiger partial charge in [-0.2, -0.15) is 0 Å². The van der Waals surface area contributed by atoms with Crippen molar-refractivity contribution in [2.45, 2.75) is 50.0 Å². The zero-order valence-electron chi connectivity index (χ0n) is 12.2. The van der Waals surface area contributed by atoms with E-state index in [2.05, 4.69) is 36.2 Å². The number of fused-ring (bicyclic) bond motifs is 1. The van der Waals surface area contributed by atoms with Gasteiger partial charge < -0.3 is 4.90 Å². The fraction of sp³-hybridized carbons (Fsp3) is 0.647. The molecular weight excluding hydrogens is 289 g/mol. The van der Waals surface area contributed by atoms with Gasteiger partial charge in [0.2, 0.25) is 0 Å². The lowest BCUT2D eigenvalue weighted by Crippen LogP contribution is -2.59. The fourth-order valence-corrected chi connectivity index (χ4v) is 5.16. The summed E-state index contributed by atoms with van der Waals surface area (Å²) in [6.07, 6.45) is 8.49. The maximum Gasteiger partial charge on any atom is 0.0169 e. The number of likely N-dealkylation sites (tertiary alicyclic amines) is 1. The number of nitrogens with zero attached hydrogens (tertiary/aromatic N) is 1. The number of hydrogen-bond acceptors (Lipinski definition) is 1. The third kappa shape index (κ3) is 2.10. The molecule has 3 aliphatic rings. The van der Waals surface area contributed by atoms with Crippen molar-refractivity contribution >= 4 is 24.8 Å². The zero-order chi connectivity index (χ0) is 12.2. The van der Waals surface area contributed by atoms with Crippen LogP contribution in [0.4, 0.5) is 0 Å². The summed E-state index contributed by atoms with van der Waals surface area (Å²) < 4.78 is 0. The van der Waals surface area contributed by atoms with Crippen LogP contribution in [0.25, 0.3) is 0 Å². The molecule has 1 aliphatic heterocycles. The highest BCUT2D eigenvalue weighted by Crippen LogP contribution is 2.55. The molecule has 2 aliphatic carbocycles. The van der Waals surface area contributed by atoms with Crippen molar-refractivity contribution in [3.8, 4) is 0 Å². The summed E-state index contributed by atoms with van der Waals surface area (Å²) in [6, 6.07) is 10.1. The van der Waals surface area contributed by atoms with E-state index in [0.717, 1.165) is 12.0 Å². The average molecular weight is 314 g/mol. The topological polar surface area (TPSA) is 3.24 Å². The van der Waals surface area contributed by atoms with E-state index in [-0.39, 0.29) is 24.8 Å². The minimum Gasteiger partial charge on any atom is -0.303 e. The lowest BCUT2D eigenvalue weighted by atomic mass is 9.52. The number of piperidine rings is 1. The zero-order valence-corrected chi connectivity index (χ0v) is 13.8. The van der Waals surface area contributed by atoms with Gasteiger partial charge in [-0.1, -0.05) is 37.1 Å². The Hall–Kier alpha value is -0.240. The van der Waals surface area contributed by atoms with Crippen molar-refractivity contribution in [2.24, 2.45) is 5.92 Å². The highest BCUT2D eigenvalue weighted by atomic mass is 35.5. The third-order valence-corrected chi connectivity index (χ3v) is 6.02. The van der Waals surface area contributed by atoms with Crippen LogP contribution in [0.2, 0.25) is 0 Å². The molecule has 1 aromatic carbocycles. The maximum atomic E-state index is 2.64. The second-order valence-corrected chi connectivity index (χ2v) is 6.67. The molecule has 3 atom stereocenters. The standard InChI is InChI=1S/C17H23N.2ClH/c1-18-11-10-17-9-5-4-8-15(17)16(18)12-13-6-2-3-7-14(13)17;;/h2-3,6-7,15-16H,4-5,8-12H2,1H3;2*1H/t15-,16+,17-;;/m0../s1. The van der Waals surface area contributed by atoms with Gasteiger partial charge >= 0.3 is 0 Å². The summed E-state index contributed by atoms with van der Waals surface area (Å²) in [5, 5.41) is 0. The van der Waals surface area contributed by atoms with Gasteiger partial charge in [-0.05, 0) is 56.3 Å². The Labute approximate surface area is 134 Å². The first-order valence-corrected chi connectivity index (χ1v) is 7.60. The first-order valence-electron chi connectivity index (χ1n) is 7.60. The molecule has 1 saturated carbocycles. The Morgan fingerprint density at radius 2 is 1.90 bits per heavy atom. The van der Waals surface area contributed by atoms with Crippen LogP contribution in [0.5, 0.6) is 0 Å². The van der Waals surface area contributed by atoms with Crippen LogP contribution in [-0.2, 0) is 11.8 Å². The van der Waals surface area contributed by atoms with Gasteiger partial charge in [0.1, 0.15) is 0 Å². The summed E-state index contributed by atoms with van der Waals surface area (Å²) in [7, 11) is 2.34. The van der Waals surface area contributed by atoms with Crippen LogP contribution in [0, 0.1) is 5.92 Å². The molecule has 0 N–H and O–H groups in total. The van der Waals surface area contributed by atoms with E-state index in [9.17, 15) is 0 Å². The van der Waals surface area contributed by atoms with Gasteiger partial charge in [0.05, 0.1) is 0 Å². The predicted molar refractivity (Wildman–Crippen MR) is 89.3 cm³/mol. The smallest absolute Gasteiger partial charge is 0.0169 e. The molecule has 20 heavy (non-hydrogen) atoms. The van der Waals surface area contributed by atoms with Gasteiger partial charge in [-0.3, -0.25) is 0 Å². The molecule has 0 aromatic heterocycles. The molecular formula is C17H25Cl2N. The van der Waals surface area contributed by atoms with Gasteiger partial charge in [0.25, 0.3) is 0 Å². The normalized spacial score (nSPS) is 35.0. The Morgan fingerprint density at radius 3 is 2.75 bits per heavy atom. The van der Waals surface area contributed by atoms with Crippen LogP contribution in [-0.4, -0.2) is 24.5 Å². The summed E-state index contributed by atoms with van der Waals surface area (Å²) in [4.78, 5) is 2.64. The Balaban J connectivity index is 0.000000735. The predicted octanol–water partition coefficient (Wildman–Crippen LogP) is 4.22. The lowest BCUT2D eigenvalue weighted by molar-refractivity contribution is 0.00286. The molecule has 2 bridgehead atoms. The Bertz CT molecular complexity index is 476. The summed E-state index contributed by atoms with van der Waals surface area (Å²) in [5.41, 5.74) is 3.91. The van der Waals surface area contributed by atoms with Gasteiger partial charge in [0.15, 0.2) is 0 Å². The van der Waals surface area contributed by atoms with E-state index in [0.29, 0.717) is 5.41 Å². The summed E-state index contributed by atoms with van der Waals surface area (Å²) in [6.45, 7) is 1.30. The minimum atomic E-state index is 0. The van der Waals surface area contributed by atoms with E-state index in [4.69, 9.17) is 0 Å². The molecule has 0 radical (unpaired) electrons. The number of benzene rings is 1. The van der Waals surface area contributed by atoms with Crippen molar-refractivity contribution in [3.05, 3.63) is 35.4 Å². The lowest BCUT2D eigenvalue weighted by Gasteiger charge is -2.58. The second kappa shape index (κ2) is 5.87. The maximum absolute atomic E-state index is 2.64. The van der Waals surface area contributed by atoms with Crippen LogP contribution in [0.15, 0.2) is 24.3 Å². The Morgan fingerprint density at radius 1 is 1.10 bits per heavy atom. The first-order chi connectivity index (χ1) is 8.81. The van der Waals surface area contributed by atoms with Crippen LogP contribution in [0.3, 0.4) is 0 Å². The van der Waals surface area contributed by atoms with E-state index >= 15 is 0 Å². The van der Waals surface area contributed by atoms with Gasteiger partial charge in [-0.15, -0.1) is 24.8 Å². The highest BCUT2D eigenvalue weighted by molar-refractivity contribution is 5.85. The number of hydrogen-bond donors (Lipinski definition) is 0. The van der Waals surface area contributed by atoms with Crippen molar-refractivity contribution in [1.29, 1.82) is 0 Å². The van der Waals surface area contributed by atoms with Crippen LogP contribution >= 0.6 is 24.8 Å². The van der Waals surface area contributed by atoms with Crippen molar-refractivity contribution in [3.63, 3.8) is 0 Å². The molecule has 0 amide bonds. The van der Waals surface area contributed by atoms with E-state index < -0.39 is 0 Å². The van der Waals surface area contributed by atoms with Crippen molar-refractivity contribution < 1.29 is 0 Å². The minimum absolute atomic E-state index is 0. The van der Waals surface area contributed by atoms with E-state index in [1.54, 1.807) is 11.1 Å². The molecule has 1 nitrogen and oxygen atoms in total. The summed E-state index contributed by atoms with van der Waals surface area (Å²) >= 11 is 0. The van der Waals surface area contributed by atoms with Crippen LogP contribution in [0.1, 0.15) is 43.2 Å². The molecule has 0 unspecified atom stereocenters. The van der Waals surface area contributed by atoms with Gasteiger partial charge in [-0.25, -0.2) is 0 Å². The third-order valence-electron chi connectivity index (χ3n) is 6.02. The van der Waals surface area contributed by atoms with Crippen molar-refractivity contribution in [1.82, 2.24) is 4.90 Å². The average Bonchev–Trinajstić information content (AvgIpc) is 2.43. The number of likely N-dealkylation sites (N-methyl/N-ethyl adjacent to an activating group) is 1. The largest absolute Gasteiger partial charge is 0.303 e.